The van der Waals surface area contributed by atoms with Crippen molar-refractivity contribution in [2.45, 2.75) is 19.4 Å². The second kappa shape index (κ2) is 9.12. The third-order valence-electron chi connectivity index (χ3n) is 3.10. The lowest BCUT2D eigenvalue weighted by molar-refractivity contribution is -0.142. The largest absolute Gasteiger partial charge is 0.487 e. The molecule has 0 aliphatic heterocycles. The van der Waals surface area contributed by atoms with Crippen LogP contribution in [-0.4, -0.2) is 30.7 Å². The number of nitrogens with zero attached hydrogens (tertiary/aromatic N) is 1. The van der Waals surface area contributed by atoms with Gasteiger partial charge in [0.05, 0.1) is 13.3 Å². The molecule has 6 heteroatoms. The molecule has 0 saturated carbocycles. The summed E-state index contributed by atoms with van der Waals surface area (Å²) in [5.74, 6) is 0.107. The van der Waals surface area contributed by atoms with Crippen molar-refractivity contribution in [2.24, 2.45) is 5.73 Å². The summed E-state index contributed by atoms with van der Waals surface area (Å²) in [5.41, 5.74) is 7.95. The Balaban J connectivity index is 2.69. The quantitative estimate of drug-likeness (QED) is 0.583. The molecule has 1 atom stereocenters. The highest BCUT2D eigenvalue weighted by atomic mass is 35.5. The van der Waals surface area contributed by atoms with Crippen molar-refractivity contribution in [3.8, 4) is 5.75 Å². The van der Waals surface area contributed by atoms with Crippen molar-refractivity contribution in [1.29, 1.82) is 0 Å². The molecule has 0 unspecified atom stereocenters. The van der Waals surface area contributed by atoms with Crippen LogP contribution in [0.25, 0.3) is 0 Å². The molecule has 0 saturated heterocycles. The summed E-state index contributed by atoms with van der Waals surface area (Å²) in [6.07, 6.45) is 3.41. The van der Waals surface area contributed by atoms with Crippen molar-refractivity contribution >= 4 is 17.6 Å². The van der Waals surface area contributed by atoms with Crippen LogP contribution in [0.15, 0.2) is 53.7 Å². The number of methoxy groups -OCH3 is 1. The second-order valence-corrected chi connectivity index (χ2v) is 5.33. The number of hydrogen-bond donors (Lipinski definition) is 1. The lowest BCUT2D eigenvalue weighted by atomic mass is 10.1. The molecule has 0 aliphatic carbocycles. The van der Waals surface area contributed by atoms with Crippen LogP contribution in [0.3, 0.4) is 0 Å². The number of aromatic nitrogens is 1. The van der Waals surface area contributed by atoms with E-state index in [4.69, 9.17) is 22.1 Å². The van der Waals surface area contributed by atoms with Gasteiger partial charge in [-0.1, -0.05) is 36.4 Å². The van der Waals surface area contributed by atoms with Gasteiger partial charge in [0.15, 0.2) is 0 Å². The number of esters is 1. The van der Waals surface area contributed by atoms with Crippen LogP contribution in [0, 0.1) is 0 Å². The summed E-state index contributed by atoms with van der Waals surface area (Å²) in [6.45, 7) is 9.61. The highest BCUT2D eigenvalue weighted by Gasteiger charge is 2.15. The lowest BCUT2D eigenvalue weighted by Crippen LogP contribution is -2.33. The molecule has 1 rings (SSSR count). The van der Waals surface area contributed by atoms with Crippen LogP contribution in [0.4, 0.5) is 0 Å². The van der Waals surface area contributed by atoms with Crippen LogP contribution in [0.5, 0.6) is 5.75 Å². The molecule has 2 N–H and O–H groups in total. The Bertz CT molecular complexity index is 609. The fourth-order valence-corrected chi connectivity index (χ4v) is 1.97. The lowest BCUT2D eigenvalue weighted by Gasteiger charge is -2.12. The van der Waals surface area contributed by atoms with E-state index in [-0.39, 0.29) is 6.61 Å². The molecule has 0 radical (unpaired) electrons. The standard InChI is InChI=1S/C17H21ClN2O3/c1-5-15(18)14(11(2)3)10-23-13-7-6-12(20-9-13)8-16(19)17(21)22-4/h5-7,9,16H,1-2,8,10,19H2,3-4H3/b15-14+/t16-/m0/s1. The number of ether oxygens (including phenoxy) is 2. The van der Waals surface area contributed by atoms with Gasteiger partial charge in [-0.25, -0.2) is 0 Å². The molecule has 124 valence electrons. The van der Waals surface area contributed by atoms with Gasteiger partial charge in [-0.2, -0.15) is 0 Å². The number of carbonyl (C=O) groups excluding carboxylic acids is 1. The Morgan fingerprint density at radius 1 is 1.52 bits per heavy atom. The monoisotopic (exact) mass is 336 g/mol. The molecule has 0 fully saturated rings. The SMILES string of the molecule is C=C/C(Cl)=C(/COc1ccc(C[C@H](N)C(=O)OC)nc1)C(=C)C. The molecule has 0 bridgehead atoms. The highest BCUT2D eigenvalue weighted by Crippen LogP contribution is 2.19. The molecule has 5 nitrogen and oxygen atoms in total. The van der Waals surface area contributed by atoms with Gasteiger partial charge in [-0.05, 0) is 19.1 Å². The van der Waals surface area contributed by atoms with Gasteiger partial charge in [-0.15, -0.1) is 0 Å². The summed E-state index contributed by atoms with van der Waals surface area (Å²) < 4.78 is 10.2. The second-order valence-electron chi connectivity index (χ2n) is 4.92. The predicted octanol–water partition coefficient (Wildman–Crippen LogP) is 2.76. The van der Waals surface area contributed by atoms with Gasteiger partial charge >= 0.3 is 5.97 Å². The van der Waals surface area contributed by atoms with Crippen LogP contribution in [-0.2, 0) is 16.0 Å². The van der Waals surface area contributed by atoms with E-state index in [9.17, 15) is 4.79 Å². The molecular weight excluding hydrogens is 316 g/mol. The molecule has 0 spiro atoms. The Morgan fingerprint density at radius 2 is 2.22 bits per heavy atom. The average Bonchev–Trinajstić information content (AvgIpc) is 2.54. The summed E-state index contributed by atoms with van der Waals surface area (Å²) in [4.78, 5) is 15.5. The smallest absolute Gasteiger partial charge is 0.323 e. The van der Waals surface area contributed by atoms with Crippen molar-refractivity contribution < 1.29 is 14.3 Å². The van der Waals surface area contributed by atoms with E-state index in [0.717, 1.165) is 11.1 Å². The zero-order valence-electron chi connectivity index (χ0n) is 13.3. The first-order valence-corrected chi connectivity index (χ1v) is 7.35. The fraction of sp³-hybridized carbons (Fsp3) is 0.294. The average molecular weight is 337 g/mol. The van der Waals surface area contributed by atoms with Crippen LogP contribution in [0.1, 0.15) is 12.6 Å². The van der Waals surface area contributed by atoms with Crippen molar-refractivity contribution in [3.63, 3.8) is 0 Å². The highest BCUT2D eigenvalue weighted by molar-refractivity contribution is 6.31. The molecule has 0 aromatic carbocycles. The first kappa shape index (κ1) is 18.9. The van der Waals surface area contributed by atoms with Crippen LogP contribution < -0.4 is 10.5 Å². The number of halogens is 1. The first-order valence-electron chi connectivity index (χ1n) is 6.97. The van der Waals surface area contributed by atoms with E-state index < -0.39 is 12.0 Å². The number of hydrogen-bond acceptors (Lipinski definition) is 5. The molecular formula is C17H21ClN2O3. The Morgan fingerprint density at radius 3 is 2.70 bits per heavy atom. The molecule has 0 amide bonds. The van der Waals surface area contributed by atoms with Gasteiger partial charge < -0.3 is 15.2 Å². The summed E-state index contributed by atoms with van der Waals surface area (Å²) in [7, 11) is 1.30. The number of allylic oxidation sites excluding steroid dienone is 2. The number of pyridine rings is 1. The zero-order valence-corrected chi connectivity index (χ0v) is 14.1. The Labute approximate surface area is 141 Å². The first-order chi connectivity index (χ1) is 10.9. The number of nitrogens with two attached hydrogens (primary N) is 1. The minimum Gasteiger partial charge on any atom is -0.487 e. The van der Waals surface area contributed by atoms with E-state index >= 15 is 0 Å². The van der Waals surface area contributed by atoms with Gasteiger partial charge in [0.2, 0.25) is 0 Å². The third kappa shape index (κ3) is 5.88. The summed E-state index contributed by atoms with van der Waals surface area (Å²) in [5, 5.41) is 0.506. The zero-order chi connectivity index (χ0) is 17.4. The van der Waals surface area contributed by atoms with E-state index in [1.165, 1.54) is 7.11 Å². The minimum atomic E-state index is -0.733. The maximum Gasteiger partial charge on any atom is 0.323 e. The summed E-state index contributed by atoms with van der Waals surface area (Å²) >= 11 is 6.07. The van der Waals surface area contributed by atoms with Crippen molar-refractivity contribution in [1.82, 2.24) is 4.98 Å². The van der Waals surface area contributed by atoms with E-state index in [2.05, 4.69) is 22.9 Å². The van der Waals surface area contributed by atoms with Crippen molar-refractivity contribution in [3.05, 3.63) is 59.4 Å². The number of carbonyl (C=O) groups is 1. The van der Waals surface area contributed by atoms with Gasteiger partial charge in [0.25, 0.3) is 0 Å². The third-order valence-corrected chi connectivity index (χ3v) is 3.48. The maximum absolute atomic E-state index is 11.3. The molecule has 1 aromatic heterocycles. The van der Waals surface area contributed by atoms with Gasteiger partial charge in [0.1, 0.15) is 18.4 Å². The van der Waals surface area contributed by atoms with Crippen molar-refractivity contribution in [2.75, 3.05) is 13.7 Å². The topological polar surface area (TPSA) is 74.4 Å². The van der Waals surface area contributed by atoms with Crippen LogP contribution >= 0.6 is 11.6 Å². The molecule has 1 aromatic rings. The Hall–Kier alpha value is -2.11. The number of rotatable bonds is 8. The van der Waals surface area contributed by atoms with E-state index in [0.29, 0.717) is 22.9 Å². The molecule has 0 aliphatic rings. The van der Waals surface area contributed by atoms with Crippen LogP contribution in [0.2, 0.25) is 0 Å². The Kier molecular flexibility index (Phi) is 7.51. The fourth-order valence-electron chi connectivity index (χ4n) is 1.75. The predicted molar refractivity (Wildman–Crippen MR) is 91.3 cm³/mol. The van der Waals surface area contributed by atoms with E-state index in [1.807, 2.05) is 6.92 Å². The van der Waals surface area contributed by atoms with E-state index in [1.54, 1.807) is 24.4 Å². The molecule has 23 heavy (non-hydrogen) atoms. The maximum atomic E-state index is 11.3. The van der Waals surface area contributed by atoms with Gasteiger partial charge in [-0.3, -0.25) is 9.78 Å². The normalized spacial score (nSPS) is 12.9. The summed E-state index contributed by atoms with van der Waals surface area (Å²) in [6, 6.07) is 2.77. The molecule has 1 heterocycles. The minimum absolute atomic E-state index is 0.267. The van der Waals surface area contributed by atoms with Gasteiger partial charge in [0, 0.05) is 22.7 Å².